The summed E-state index contributed by atoms with van der Waals surface area (Å²) in [6.45, 7) is 2.89. The van der Waals surface area contributed by atoms with Crippen molar-refractivity contribution in [2.24, 2.45) is 0 Å². The third-order valence-electron chi connectivity index (χ3n) is 5.39. The predicted octanol–water partition coefficient (Wildman–Crippen LogP) is 4.99. The predicted molar refractivity (Wildman–Crippen MR) is 136 cm³/mol. The Bertz CT molecular complexity index is 818. The summed E-state index contributed by atoms with van der Waals surface area (Å²) in [4.78, 5) is 28.6. The van der Waals surface area contributed by atoms with Crippen LogP contribution in [-0.2, 0) is 16.1 Å². The van der Waals surface area contributed by atoms with Gasteiger partial charge in [-0.05, 0) is 49.4 Å². The Morgan fingerprint density at radius 2 is 1.88 bits per heavy atom. The van der Waals surface area contributed by atoms with E-state index in [0.29, 0.717) is 19.5 Å². The number of aliphatic hydroxyl groups is 1. The maximum Gasteiger partial charge on any atom is 0.303 e. The van der Waals surface area contributed by atoms with Gasteiger partial charge in [-0.15, -0.1) is 0 Å². The summed E-state index contributed by atoms with van der Waals surface area (Å²) < 4.78 is 0. The van der Waals surface area contributed by atoms with Crippen molar-refractivity contribution in [2.45, 2.75) is 56.7 Å². The van der Waals surface area contributed by atoms with Crippen molar-refractivity contribution in [2.75, 3.05) is 18.9 Å². The molecular weight excluding hydrogens is 456 g/mol. The van der Waals surface area contributed by atoms with Crippen molar-refractivity contribution < 1.29 is 19.8 Å². The molecule has 1 aliphatic heterocycles. The van der Waals surface area contributed by atoms with Gasteiger partial charge in [0.15, 0.2) is 0 Å². The fourth-order valence-corrected chi connectivity index (χ4v) is 6.53. The quantitative estimate of drug-likeness (QED) is 0.339. The number of rotatable bonds is 11. The van der Waals surface area contributed by atoms with E-state index >= 15 is 0 Å². The van der Waals surface area contributed by atoms with Crippen LogP contribution in [0, 0.1) is 0 Å². The highest BCUT2D eigenvalue weighted by molar-refractivity contribution is 8.77. The van der Waals surface area contributed by atoms with E-state index in [-0.39, 0.29) is 12.5 Å². The number of aromatic nitrogens is 1. The first kappa shape index (κ1) is 27.2. The number of unbranched alkanes of at least 4 members (excludes halogenated alkanes) is 1. The molecule has 33 heavy (non-hydrogen) atoms. The summed E-state index contributed by atoms with van der Waals surface area (Å²) in [5.74, 6) is 0.0494. The number of likely N-dealkylation sites (N-methyl/N-ethyl adjacent to an activating group) is 1. The van der Waals surface area contributed by atoms with Gasteiger partial charge in [0.05, 0.1) is 12.5 Å². The molecule has 180 valence electrons. The molecule has 1 unspecified atom stereocenters. The van der Waals surface area contributed by atoms with E-state index in [1.807, 2.05) is 71.0 Å². The van der Waals surface area contributed by atoms with Gasteiger partial charge in [-0.25, -0.2) is 0 Å². The SMILES string of the molecule is CCN(Cc1ccncc1)C(=O)C(CO)c1ccccc1.O=C(O)CCCC[C@@H]1CCSS1. The largest absolute Gasteiger partial charge is 0.481 e. The number of carbonyl (C=O) groups is 2. The van der Waals surface area contributed by atoms with Crippen LogP contribution >= 0.6 is 21.6 Å². The van der Waals surface area contributed by atoms with Crippen LogP contribution in [0.3, 0.4) is 0 Å². The molecule has 6 nitrogen and oxygen atoms in total. The number of hydrogen-bond acceptors (Lipinski definition) is 6. The molecule has 1 aromatic carbocycles. The molecule has 2 N–H and O–H groups in total. The van der Waals surface area contributed by atoms with Gasteiger partial charge in [-0.1, -0.05) is 58.3 Å². The normalized spacial score (nSPS) is 15.9. The van der Waals surface area contributed by atoms with Crippen LogP contribution in [0.4, 0.5) is 0 Å². The summed E-state index contributed by atoms with van der Waals surface area (Å²) >= 11 is 0. The van der Waals surface area contributed by atoms with Crippen LogP contribution in [0.15, 0.2) is 54.9 Å². The molecule has 8 heteroatoms. The second-order valence-corrected chi connectivity index (χ2v) is 10.6. The molecular formula is C25H34N2O4S2. The Balaban J connectivity index is 0.000000273. The standard InChI is InChI=1S/C17H20N2O2.C8H14O2S2/c1-2-19(12-14-8-10-18-11-9-14)17(21)16(13-20)15-6-4-3-5-7-15;9-8(10)4-2-1-3-7-5-6-11-12-7/h3-11,16,20H,2,12-13H2,1H3;7H,1-6H2,(H,9,10)/t;7-/m.1/s1. The maximum atomic E-state index is 12.7. The van der Waals surface area contributed by atoms with E-state index in [9.17, 15) is 14.7 Å². The molecule has 1 aliphatic rings. The van der Waals surface area contributed by atoms with Crippen molar-refractivity contribution in [3.63, 3.8) is 0 Å². The van der Waals surface area contributed by atoms with Crippen LogP contribution in [0.25, 0.3) is 0 Å². The Morgan fingerprint density at radius 1 is 1.15 bits per heavy atom. The van der Waals surface area contributed by atoms with Gasteiger partial charge in [-0.3, -0.25) is 14.6 Å². The van der Waals surface area contributed by atoms with Crippen LogP contribution in [-0.4, -0.2) is 56.1 Å². The van der Waals surface area contributed by atoms with Gasteiger partial charge >= 0.3 is 5.97 Å². The molecule has 1 amide bonds. The minimum atomic E-state index is -0.663. The second kappa shape index (κ2) is 15.7. The van der Waals surface area contributed by atoms with E-state index in [2.05, 4.69) is 4.98 Å². The Kier molecular flexibility index (Phi) is 13.0. The third-order valence-corrected chi connectivity index (χ3v) is 8.40. The number of aliphatic hydroxyl groups excluding tert-OH is 1. The third kappa shape index (κ3) is 10.2. The average molecular weight is 491 g/mol. The van der Waals surface area contributed by atoms with Gasteiger partial charge in [0.1, 0.15) is 0 Å². The highest BCUT2D eigenvalue weighted by atomic mass is 33.1. The van der Waals surface area contributed by atoms with Gasteiger partial charge in [0.25, 0.3) is 0 Å². The Hall–Kier alpha value is -2.03. The summed E-state index contributed by atoms with van der Waals surface area (Å²) in [5.41, 5.74) is 1.88. The number of amides is 1. The molecule has 2 aromatic rings. The molecule has 0 radical (unpaired) electrons. The first-order chi connectivity index (χ1) is 16.0. The Labute approximate surface area is 204 Å². The lowest BCUT2D eigenvalue weighted by Crippen LogP contribution is -2.36. The summed E-state index contributed by atoms with van der Waals surface area (Å²) in [6, 6.07) is 13.2. The van der Waals surface area contributed by atoms with Crippen molar-refractivity contribution >= 4 is 33.5 Å². The summed E-state index contributed by atoms with van der Waals surface area (Å²) in [6.07, 6.45) is 8.20. The van der Waals surface area contributed by atoms with Crippen molar-refractivity contribution in [3.05, 3.63) is 66.0 Å². The molecule has 1 fully saturated rings. The zero-order valence-electron chi connectivity index (χ0n) is 19.1. The zero-order chi connectivity index (χ0) is 23.9. The number of hydrogen-bond donors (Lipinski definition) is 2. The van der Waals surface area contributed by atoms with Crippen molar-refractivity contribution in [1.29, 1.82) is 0 Å². The van der Waals surface area contributed by atoms with Crippen LogP contribution in [0.2, 0.25) is 0 Å². The molecule has 2 atom stereocenters. The lowest BCUT2D eigenvalue weighted by molar-refractivity contribution is -0.137. The molecule has 1 saturated heterocycles. The number of aliphatic carboxylic acids is 1. The Morgan fingerprint density at radius 3 is 2.45 bits per heavy atom. The average Bonchev–Trinajstić information content (AvgIpc) is 3.36. The fourth-order valence-electron chi connectivity index (χ4n) is 3.50. The molecule has 0 saturated carbocycles. The number of carboxylic acid groups (broad SMARTS) is 1. The van der Waals surface area contributed by atoms with Crippen LogP contribution in [0.1, 0.15) is 56.1 Å². The summed E-state index contributed by atoms with van der Waals surface area (Å²) in [5, 5.41) is 18.8. The highest BCUT2D eigenvalue weighted by Crippen LogP contribution is 2.39. The minimum absolute atomic E-state index is 0.0528. The highest BCUT2D eigenvalue weighted by Gasteiger charge is 2.24. The van der Waals surface area contributed by atoms with E-state index in [4.69, 9.17) is 5.11 Å². The zero-order valence-corrected chi connectivity index (χ0v) is 20.8. The van der Waals surface area contributed by atoms with E-state index in [1.54, 1.807) is 17.3 Å². The van der Waals surface area contributed by atoms with Gasteiger partial charge in [-0.2, -0.15) is 0 Å². The molecule has 0 spiro atoms. The van der Waals surface area contributed by atoms with Gasteiger partial charge in [0.2, 0.25) is 5.91 Å². The second-order valence-electron chi connectivity index (χ2n) is 7.82. The molecule has 2 heterocycles. The lowest BCUT2D eigenvalue weighted by Gasteiger charge is -2.25. The number of carboxylic acids is 1. The van der Waals surface area contributed by atoms with Gasteiger partial charge < -0.3 is 15.1 Å². The minimum Gasteiger partial charge on any atom is -0.481 e. The first-order valence-electron chi connectivity index (χ1n) is 11.4. The monoisotopic (exact) mass is 490 g/mol. The molecule has 3 rings (SSSR count). The fraction of sp³-hybridized carbons (Fsp3) is 0.480. The number of carbonyl (C=O) groups excluding carboxylic acids is 1. The summed E-state index contributed by atoms with van der Waals surface area (Å²) in [7, 11) is 3.92. The molecule has 0 aliphatic carbocycles. The number of benzene rings is 1. The smallest absolute Gasteiger partial charge is 0.303 e. The van der Waals surface area contributed by atoms with E-state index in [0.717, 1.165) is 29.2 Å². The number of nitrogens with zero attached hydrogens (tertiary/aromatic N) is 2. The van der Waals surface area contributed by atoms with E-state index < -0.39 is 11.9 Å². The van der Waals surface area contributed by atoms with Crippen molar-refractivity contribution in [1.82, 2.24) is 9.88 Å². The number of pyridine rings is 1. The van der Waals surface area contributed by atoms with Gasteiger partial charge in [0, 0.05) is 42.9 Å². The maximum absolute atomic E-state index is 12.7. The van der Waals surface area contributed by atoms with Crippen molar-refractivity contribution in [3.8, 4) is 0 Å². The van der Waals surface area contributed by atoms with Crippen LogP contribution < -0.4 is 0 Å². The molecule has 0 bridgehead atoms. The lowest BCUT2D eigenvalue weighted by atomic mass is 9.98. The molecule has 1 aromatic heterocycles. The van der Waals surface area contributed by atoms with Crippen LogP contribution in [0.5, 0.6) is 0 Å². The first-order valence-corrected chi connectivity index (χ1v) is 13.8. The van der Waals surface area contributed by atoms with E-state index in [1.165, 1.54) is 18.6 Å². The topological polar surface area (TPSA) is 90.7 Å².